The second-order valence-electron chi connectivity index (χ2n) is 5.63. The van der Waals surface area contributed by atoms with Crippen LogP contribution in [0.4, 0.5) is 0 Å². The topological polar surface area (TPSA) is 83.0 Å². The Balaban J connectivity index is 2.02. The Kier molecular flexibility index (Phi) is 4.74. The number of unbranched alkanes of at least 4 members (excludes halogenated alkanes) is 1. The van der Waals surface area contributed by atoms with E-state index in [2.05, 4.69) is 17.0 Å². The summed E-state index contributed by atoms with van der Waals surface area (Å²) in [7, 11) is 0. The first-order valence-corrected chi connectivity index (χ1v) is 8.03. The highest BCUT2D eigenvalue weighted by atomic mass is 16.5. The van der Waals surface area contributed by atoms with Crippen LogP contribution in [0.2, 0.25) is 0 Å². The first-order valence-electron chi connectivity index (χ1n) is 8.03. The largest absolute Gasteiger partial charge is 0.464 e. The predicted octanol–water partition coefficient (Wildman–Crippen LogP) is 2.55. The Morgan fingerprint density at radius 1 is 1.33 bits per heavy atom. The van der Waals surface area contributed by atoms with Gasteiger partial charge in [0.15, 0.2) is 11.6 Å². The van der Waals surface area contributed by atoms with Crippen LogP contribution >= 0.6 is 0 Å². The smallest absolute Gasteiger partial charge is 0.225 e. The molecule has 1 amide bonds. The highest BCUT2D eigenvalue weighted by Gasteiger charge is 2.16. The van der Waals surface area contributed by atoms with E-state index in [1.54, 1.807) is 6.26 Å². The quantitative estimate of drug-likeness (QED) is 0.885. The minimum atomic E-state index is -0.437. The predicted molar refractivity (Wildman–Crippen MR) is 91.9 cm³/mol. The summed E-state index contributed by atoms with van der Waals surface area (Å²) in [5.74, 6) is 1.52. The zero-order valence-electron chi connectivity index (χ0n) is 13.6. The van der Waals surface area contributed by atoms with Gasteiger partial charge in [-0.05, 0) is 24.6 Å². The highest BCUT2D eigenvalue weighted by Crippen LogP contribution is 2.28. The number of aromatic nitrogens is 3. The van der Waals surface area contributed by atoms with E-state index in [0.29, 0.717) is 5.82 Å². The molecule has 0 aliphatic carbocycles. The van der Waals surface area contributed by atoms with Gasteiger partial charge in [0.1, 0.15) is 5.75 Å². The van der Waals surface area contributed by atoms with Gasteiger partial charge in [-0.1, -0.05) is 31.5 Å². The zero-order chi connectivity index (χ0) is 16.9. The van der Waals surface area contributed by atoms with Crippen molar-refractivity contribution in [1.82, 2.24) is 14.8 Å². The van der Waals surface area contributed by atoms with E-state index < -0.39 is 5.91 Å². The van der Waals surface area contributed by atoms with Crippen LogP contribution in [0.25, 0.3) is 11.6 Å². The lowest BCUT2D eigenvalue weighted by Crippen LogP contribution is -2.14. The molecular weight excluding hydrogens is 304 g/mol. The molecule has 2 N–H and O–H groups in total. The fourth-order valence-corrected chi connectivity index (χ4v) is 2.54. The molecule has 1 aromatic carbocycles. The van der Waals surface area contributed by atoms with Gasteiger partial charge >= 0.3 is 0 Å². The number of benzene rings is 1. The number of para-hydroxylation sites is 1. The molecule has 24 heavy (non-hydrogen) atoms. The lowest BCUT2D eigenvalue weighted by molar-refractivity contribution is -0.117. The standard InChI is InChI=1S/C18H20N4O2/c1-2-3-9-22-18(20-17(21-22)12-16(19)23)14-8-10-24-15-7-5-4-6-13(15)11-14/h4-8,10-11H,2-3,9,12H2,1H3,(H2,19,23). The number of allylic oxidation sites excluding steroid dienone is 2. The van der Waals surface area contributed by atoms with Crippen LogP contribution in [-0.2, 0) is 17.8 Å². The molecule has 1 aromatic heterocycles. The number of nitrogens with zero attached hydrogens (tertiary/aromatic N) is 3. The molecule has 0 spiro atoms. The number of carbonyl (C=O) groups excluding carboxylic acids is 1. The minimum absolute atomic E-state index is 0.0379. The van der Waals surface area contributed by atoms with Crippen molar-refractivity contribution in [2.45, 2.75) is 32.7 Å². The molecule has 3 rings (SSSR count). The van der Waals surface area contributed by atoms with E-state index in [1.807, 2.05) is 41.1 Å². The van der Waals surface area contributed by atoms with Crippen molar-refractivity contribution in [3.8, 4) is 5.75 Å². The number of hydrogen-bond donors (Lipinski definition) is 1. The second kappa shape index (κ2) is 7.12. The van der Waals surface area contributed by atoms with Crippen LogP contribution in [0.5, 0.6) is 5.75 Å². The van der Waals surface area contributed by atoms with E-state index >= 15 is 0 Å². The lowest BCUT2D eigenvalue weighted by Gasteiger charge is -2.05. The Labute approximate surface area is 140 Å². The molecule has 0 bridgehead atoms. The van der Waals surface area contributed by atoms with Crippen molar-refractivity contribution in [3.05, 3.63) is 53.8 Å². The van der Waals surface area contributed by atoms with E-state index in [-0.39, 0.29) is 6.42 Å². The number of carbonyl (C=O) groups is 1. The Bertz CT molecular complexity index is 805. The molecular formula is C18H20N4O2. The zero-order valence-corrected chi connectivity index (χ0v) is 13.6. The third-order valence-electron chi connectivity index (χ3n) is 3.70. The number of amides is 1. The Morgan fingerprint density at radius 3 is 2.96 bits per heavy atom. The molecule has 0 atom stereocenters. The molecule has 6 heteroatoms. The van der Waals surface area contributed by atoms with Crippen molar-refractivity contribution < 1.29 is 9.53 Å². The van der Waals surface area contributed by atoms with Gasteiger partial charge in [-0.2, -0.15) is 5.10 Å². The second-order valence-corrected chi connectivity index (χ2v) is 5.63. The average Bonchev–Trinajstić information content (AvgIpc) is 2.82. The third-order valence-corrected chi connectivity index (χ3v) is 3.70. The number of fused-ring (bicyclic) bond motifs is 1. The fourth-order valence-electron chi connectivity index (χ4n) is 2.54. The first-order chi connectivity index (χ1) is 11.7. The molecule has 6 nitrogen and oxygen atoms in total. The third kappa shape index (κ3) is 3.53. The molecule has 2 heterocycles. The molecule has 0 fully saturated rings. The molecule has 1 aliphatic rings. The maximum atomic E-state index is 11.2. The summed E-state index contributed by atoms with van der Waals surface area (Å²) in [6.07, 6.45) is 7.59. The van der Waals surface area contributed by atoms with Crippen molar-refractivity contribution in [2.24, 2.45) is 5.73 Å². The van der Waals surface area contributed by atoms with E-state index in [9.17, 15) is 4.79 Å². The van der Waals surface area contributed by atoms with Crippen LogP contribution < -0.4 is 10.5 Å². The van der Waals surface area contributed by atoms with Gasteiger partial charge < -0.3 is 10.5 Å². The molecule has 124 valence electrons. The van der Waals surface area contributed by atoms with Crippen LogP contribution in [0.3, 0.4) is 0 Å². The maximum Gasteiger partial charge on any atom is 0.225 e. The summed E-state index contributed by atoms with van der Waals surface area (Å²) < 4.78 is 7.47. The maximum absolute atomic E-state index is 11.2. The van der Waals surface area contributed by atoms with Crippen molar-refractivity contribution in [1.29, 1.82) is 0 Å². The number of primary amides is 1. The van der Waals surface area contributed by atoms with Gasteiger partial charge in [0.05, 0.1) is 12.7 Å². The van der Waals surface area contributed by atoms with Crippen LogP contribution in [-0.4, -0.2) is 20.7 Å². The summed E-state index contributed by atoms with van der Waals surface area (Å²) in [6, 6.07) is 7.79. The molecule has 2 aromatic rings. The number of ether oxygens (including phenoxy) is 1. The van der Waals surface area contributed by atoms with E-state index in [1.165, 1.54) is 0 Å². The first kappa shape index (κ1) is 16.0. The van der Waals surface area contributed by atoms with Gasteiger partial charge in [-0.15, -0.1) is 0 Å². The Hall–Kier alpha value is -2.89. The number of nitrogens with two attached hydrogens (primary N) is 1. The highest BCUT2D eigenvalue weighted by molar-refractivity contribution is 5.87. The molecule has 0 saturated carbocycles. The van der Waals surface area contributed by atoms with Crippen LogP contribution in [0, 0.1) is 0 Å². The van der Waals surface area contributed by atoms with Crippen molar-refractivity contribution >= 4 is 17.6 Å². The fraction of sp³-hybridized carbons (Fsp3) is 0.278. The lowest BCUT2D eigenvalue weighted by atomic mass is 10.1. The normalized spacial score (nSPS) is 13.0. The summed E-state index contributed by atoms with van der Waals surface area (Å²) in [4.78, 5) is 15.7. The van der Waals surface area contributed by atoms with Gasteiger partial charge in [0.2, 0.25) is 5.91 Å². The number of rotatable bonds is 6. The Morgan fingerprint density at radius 2 is 2.17 bits per heavy atom. The van der Waals surface area contributed by atoms with Crippen molar-refractivity contribution in [2.75, 3.05) is 0 Å². The van der Waals surface area contributed by atoms with Crippen LogP contribution in [0.15, 0.2) is 36.6 Å². The number of aryl methyl sites for hydroxylation is 1. The summed E-state index contributed by atoms with van der Waals surface area (Å²) in [5.41, 5.74) is 7.13. The molecule has 0 unspecified atom stereocenters. The average molecular weight is 324 g/mol. The minimum Gasteiger partial charge on any atom is -0.464 e. The summed E-state index contributed by atoms with van der Waals surface area (Å²) in [6.45, 7) is 2.86. The molecule has 1 aliphatic heterocycles. The van der Waals surface area contributed by atoms with Crippen molar-refractivity contribution in [3.63, 3.8) is 0 Å². The van der Waals surface area contributed by atoms with Gasteiger partial charge in [-0.3, -0.25) is 4.79 Å². The molecule has 0 radical (unpaired) electrons. The summed E-state index contributed by atoms with van der Waals surface area (Å²) in [5, 5.41) is 4.44. The molecule has 0 saturated heterocycles. The van der Waals surface area contributed by atoms with E-state index in [4.69, 9.17) is 10.5 Å². The van der Waals surface area contributed by atoms with Crippen LogP contribution in [0.1, 0.15) is 37.0 Å². The van der Waals surface area contributed by atoms with Gasteiger partial charge in [-0.25, -0.2) is 9.67 Å². The van der Waals surface area contributed by atoms with Gasteiger partial charge in [0, 0.05) is 17.7 Å². The van der Waals surface area contributed by atoms with E-state index in [0.717, 1.165) is 42.1 Å². The summed E-state index contributed by atoms with van der Waals surface area (Å²) >= 11 is 0. The SMILES string of the molecule is CCCCn1nc(CC(N)=O)nc1C1=Cc2ccccc2OC=C1. The van der Waals surface area contributed by atoms with Gasteiger partial charge in [0.25, 0.3) is 0 Å². The number of hydrogen-bond acceptors (Lipinski definition) is 4. The monoisotopic (exact) mass is 324 g/mol.